The standard InChI is InChI=1S/C16H22O3/c1-15(2)12-16(8-9-19-15,11-14(17)18)10-13-6-4-3-5-7-13/h3-7H,8-12H2,1-2H3,(H,17,18)/p-1/t16-/m1/s1. The van der Waals surface area contributed by atoms with Crippen molar-refractivity contribution in [2.75, 3.05) is 6.61 Å². The molecule has 0 aromatic heterocycles. The van der Waals surface area contributed by atoms with Crippen molar-refractivity contribution in [3.63, 3.8) is 0 Å². The highest BCUT2D eigenvalue weighted by atomic mass is 16.5. The first-order valence-corrected chi connectivity index (χ1v) is 6.79. The van der Waals surface area contributed by atoms with Gasteiger partial charge >= 0.3 is 0 Å². The van der Waals surface area contributed by atoms with Crippen LogP contribution in [0.3, 0.4) is 0 Å². The van der Waals surface area contributed by atoms with E-state index in [4.69, 9.17) is 4.74 Å². The van der Waals surface area contributed by atoms with E-state index in [2.05, 4.69) is 12.1 Å². The van der Waals surface area contributed by atoms with Crippen LogP contribution in [0.4, 0.5) is 0 Å². The minimum atomic E-state index is -0.964. The lowest BCUT2D eigenvalue weighted by molar-refractivity contribution is -0.309. The lowest BCUT2D eigenvalue weighted by Crippen LogP contribution is -2.45. The van der Waals surface area contributed by atoms with Gasteiger partial charge < -0.3 is 14.6 Å². The number of ether oxygens (including phenoxy) is 1. The lowest BCUT2D eigenvalue weighted by atomic mass is 9.68. The molecule has 1 atom stereocenters. The minimum absolute atomic E-state index is 0.106. The van der Waals surface area contributed by atoms with Crippen molar-refractivity contribution in [1.82, 2.24) is 0 Å². The Labute approximate surface area is 114 Å². The van der Waals surface area contributed by atoms with Crippen LogP contribution in [0.15, 0.2) is 30.3 Å². The van der Waals surface area contributed by atoms with Crippen molar-refractivity contribution in [3.8, 4) is 0 Å². The van der Waals surface area contributed by atoms with Crippen LogP contribution in [0.2, 0.25) is 0 Å². The third kappa shape index (κ3) is 3.80. The summed E-state index contributed by atoms with van der Waals surface area (Å²) < 4.78 is 5.73. The Kier molecular flexibility index (Phi) is 3.95. The van der Waals surface area contributed by atoms with Crippen LogP contribution in [0, 0.1) is 5.41 Å². The van der Waals surface area contributed by atoms with E-state index in [1.165, 1.54) is 5.56 Å². The minimum Gasteiger partial charge on any atom is -0.550 e. The van der Waals surface area contributed by atoms with E-state index in [9.17, 15) is 9.90 Å². The maximum Gasteiger partial charge on any atom is 0.0632 e. The van der Waals surface area contributed by atoms with E-state index in [-0.39, 0.29) is 17.4 Å². The fourth-order valence-corrected chi connectivity index (χ4v) is 3.29. The molecule has 3 nitrogen and oxygen atoms in total. The topological polar surface area (TPSA) is 49.4 Å². The van der Waals surface area contributed by atoms with Crippen LogP contribution in [-0.2, 0) is 16.0 Å². The number of carbonyl (C=O) groups is 1. The summed E-state index contributed by atoms with van der Waals surface area (Å²) in [5.41, 5.74) is 0.672. The molecule has 19 heavy (non-hydrogen) atoms. The SMILES string of the molecule is CC1(C)C[C@@](CC(=O)[O-])(Cc2ccccc2)CCO1. The molecule has 0 N–H and O–H groups in total. The largest absolute Gasteiger partial charge is 0.550 e. The number of carboxylic acid groups (broad SMARTS) is 1. The molecule has 1 saturated heterocycles. The van der Waals surface area contributed by atoms with Crippen molar-refractivity contribution in [2.24, 2.45) is 5.41 Å². The van der Waals surface area contributed by atoms with Gasteiger partial charge in [-0.3, -0.25) is 0 Å². The lowest BCUT2D eigenvalue weighted by Gasteiger charge is -2.45. The first-order chi connectivity index (χ1) is 8.91. The third-order valence-electron chi connectivity index (χ3n) is 3.87. The Balaban J connectivity index is 2.22. The molecule has 0 bridgehead atoms. The molecule has 1 fully saturated rings. The fraction of sp³-hybridized carbons (Fsp3) is 0.562. The summed E-state index contributed by atoms with van der Waals surface area (Å²) in [4.78, 5) is 11.1. The van der Waals surface area contributed by atoms with Gasteiger partial charge in [0, 0.05) is 12.6 Å². The summed E-state index contributed by atoms with van der Waals surface area (Å²) >= 11 is 0. The van der Waals surface area contributed by atoms with E-state index >= 15 is 0 Å². The number of hydrogen-bond donors (Lipinski definition) is 0. The molecule has 0 unspecified atom stereocenters. The highest BCUT2D eigenvalue weighted by Crippen LogP contribution is 2.43. The first kappa shape index (κ1) is 14.1. The fourth-order valence-electron chi connectivity index (χ4n) is 3.29. The van der Waals surface area contributed by atoms with Crippen LogP contribution < -0.4 is 5.11 Å². The molecule has 104 valence electrons. The molecule has 0 spiro atoms. The number of benzene rings is 1. The van der Waals surface area contributed by atoms with Crippen molar-refractivity contribution < 1.29 is 14.6 Å². The average Bonchev–Trinajstić information content (AvgIpc) is 2.27. The molecule has 2 rings (SSSR count). The van der Waals surface area contributed by atoms with Gasteiger partial charge in [0.15, 0.2) is 0 Å². The summed E-state index contributed by atoms with van der Waals surface area (Å²) in [7, 11) is 0. The Hall–Kier alpha value is -1.35. The molecule has 1 aromatic rings. The Morgan fingerprint density at radius 2 is 2.00 bits per heavy atom. The zero-order valence-corrected chi connectivity index (χ0v) is 11.6. The van der Waals surface area contributed by atoms with Gasteiger partial charge in [-0.05, 0) is 50.5 Å². The van der Waals surface area contributed by atoms with E-state index in [1.54, 1.807) is 0 Å². The maximum absolute atomic E-state index is 11.1. The zero-order chi connectivity index (χ0) is 13.9. The number of carboxylic acids is 1. The summed E-state index contributed by atoms with van der Waals surface area (Å²) in [5.74, 6) is -0.964. The maximum atomic E-state index is 11.1. The average molecular weight is 261 g/mol. The molecule has 0 amide bonds. The quantitative estimate of drug-likeness (QED) is 0.832. The van der Waals surface area contributed by atoms with Crippen molar-refractivity contribution in [3.05, 3.63) is 35.9 Å². The van der Waals surface area contributed by atoms with Crippen LogP contribution in [-0.4, -0.2) is 18.2 Å². The molecule has 0 radical (unpaired) electrons. The Morgan fingerprint density at radius 1 is 1.32 bits per heavy atom. The molecular formula is C16H21O3-. The van der Waals surface area contributed by atoms with Crippen LogP contribution in [0.5, 0.6) is 0 Å². The van der Waals surface area contributed by atoms with Gasteiger partial charge in [-0.25, -0.2) is 0 Å². The Morgan fingerprint density at radius 3 is 2.58 bits per heavy atom. The normalized spacial score (nSPS) is 26.0. The highest BCUT2D eigenvalue weighted by Gasteiger charge is 2.40. The van der Waals surface area contributed by atoms with Crippen LogP contribution >= 0.6 is 0 Å². The van der Waals surface area contributed by atoms with Gasteiger partial charge in [-0.15, -0.1) is 0 Å². The van der Waals surface area contributed by atoms with E-state index in [0.717, 1.165) is 19.3 Å². The predicted octanol–water partition coefficient (Wildman–Crippen LogP) is 1.94. The van der Waals surface area contributed by atoms with Gasteiger partial charge in [0.2, 0.25) is 0 Å². The van der Waals surface area contributed by atoms with E-state index in [1.807, 2.05) is 32.0 Å². The van der Waals surface area contributed by atoms with Crippen molar-refractivity contribution in [2.45, 2.75) is 45.1 Å². The number of rotatable bonds is 4. The highest BCUT2D eigenvalue weighted by molar-refractivity contribution is 5.65. The third-order valence-corrected chi connectivity index (χ3v) is 3.87. The predicted molar refractivity (Wildman–Crippen MR) is 71.5 cm³/mol. The summed E-state index contributed by atoms with van der Waals surface area (Å²) in [6, 6.07) is 10.1. The monoisotopic (exact) mass is 261 g/mol. The Bertz CT molecular complexity index is 439. The zero-order valence-electron chi connectivity index (χ0n) is 11.6. The summed E-state index contributed by atoms with van der Waals surface area (Å²) in [6.45, 7) is 4.68. The van der Waals surface area contributed by atoms with E-state index < -0.39 is 5.97 Å². The molecule has 1 aliphatic rings. The van der Waals surface area contributed by atoms with Crippen molar-refractivity contribution >= 4 is 5.97 Å². The molecule has 1 aliphatic heterocycles. The van der Waals surface area contributed by atoms with Gasteiger partial charge in [-0.2, -0.15) is 0 Å². The molecular weight excluding hydrogens is 240 g/mol. The molecule has 0 aliphatic carbocycles. The van der Waals surface area contributed by atoms with E-state index in [0.29, 0.717) is 6.61 Å². The van der Waals surface area contributed by atoms with Gasteiger partial charge in [0.05, 0.1) is 5.60 Å². The first-order valence-electron chi connectivity index (χ1n) is 6.79. The smallest absolute Gasteiger partial charge is 0.0632 e. The second-order valence-corrected chi connectivity index (χ2v) is 6.25. The second-order valence-electron chi connectivity index (χ2n) is 6.25. The number of carbonyl (C=O) groups excluding carboxylic acids is 1. The summed E-state index contributed by atoms with van der Waals surface area (Å²) in [5, 5.41) is 11.1. The molecule has 3 heteroatoms. The molecule has 1 aromatic carbocycles. The van der Waals surface area contributed by atoms with Gasteiger partial charge in [0.25, 0.3) is 0 Å². The summed E-state index contributed by atoms with van der Waals surface area (Å²) in [6.07, 6.45) is 2.41. The number of hydrogen-bond acceptors (Lipinski definition) is 3. The molecule has 1 heterocycles. The number of aliphatic carboxylic acids is 1. The van der Waals surface area contributed by atoms with Crippen LogP contribution in [0.1, 0.15) is 38.7 Å². The molecule has 0 saturated carbocycles. The van der Waals surface area contributed by atoms with Crippen LogP contribution in [0.25, 0.3) is 0 Å². The van der Waals surface area contributed by atoms with Gasteiger partial charge in [-0.1, -0.05) is 30.3 Å². The van der Waals surface area contributed by atoms with Gasteiger partial charge in [0.1, 0.15) is 0 Å². The second kappa shape index (κ2) is 5.33. The van der Waals surface area contributed by atoms with Crippen molar-refractivity contribution in [1.29, 1.82) is 0 Å².